The van der Waals surface area contributed by atoms with Crippen LogP contribution in [0.4, 0.5) is 13.2 Å². The Morgan fingerprint density at radius 2 is 1.73 bits per heavy atom. The zero-order chi connectivity index (χ0) is 24.8. The monoisotopic (exact) mass is 491 g/mol. The van der Waals surface area contributed by atoms with Crippen molar-refractivity contribution in [1.29, 1.82) is 0 Å². The summed E-state index contributed by atoms with van der Waals surface area (Å²) in [6.07, 6.45) is -3.90. The first-order valence-corrected chi connectivity index (χ1v) is 13.0. The van der Waals surface area contributed by atoms with Gasteiger partial charge >= 0.3 is 6.18 Å². The molecule has 6 nitrogen and oxygen atoms in total. The van der Waals surface area contributed by atoms with Gasteiger partial charge in [0.2, 0.25) is 15.9 Å². The van der Waals surface area contributed by atoms with E-state index in [4.69, 9.17) is 0 Å². The van der Waals surface area contributed by atoms with E-state index >= 15 is 0 Å². The number of alkyl halides is 3. The number of amides is 1. The van der Waals surface area contributed by atoms with Crippen molar-refractivity contribution in [3.63, 3.8) is 0 Å². The molecule has 0 atom stereocenters. The standard InChI is InChI=1S/C23H36F3N3O3S/c1-5-27(6-2)14-15-28(17-18(3)4)22(30)19-10-12-29(13-11-19)33(31,32)21-9-7-8-20(16-21)23(24,25)26/h7-9,16,18-19H,5-6,10-15,17H2,1-4H3. The Morgan fingerprint density at radius 3 is 2.24 bits per heavy atom. The molecule has 1 amide bonds. The summed E-state index contributed by atoms with van der Waals surface area (Å²) in [6, 6.07) is 3.81. The molecule has 1 fully saturated rings. The Morgan fingerprint density at radius 1 is 1.12 bits per heavy atom. The lowest BCUT2D eigenvalue weighted by molar-refractivity contribution is -0.138. The molecule has 0 spiro atoms. The third-order valence-electron chi connectivity index (χ3n) is 6.08. The Hall–Kier alpha value is -1.65. The number of piperidine rings is 1. The summed E-state index contributed by atoms with van der Waals surface area (Å²) in [6.45, 7) is 12.4. The summed E-state index contributed by atoms with van der Waals surface area (Å²) in [5.74, 6) is 0.0624. The van der Waals surface area contributed by atoms with Gasteiger partial charge in [0.1, 0.15) is 0 Å². The lowest BCUT2D eigenvalue weighted by Crippen LogP contribution is -2.47. The largest absolute Gasteiger partial charge is 0.416 e. The smallest absolute Gasteiger partial charge is 0.341 e. The first kappa shape index (κ1) is 27.6. The van der Waals surface area contributed by atoms with E-state index in [2.05, 4.69) is 32.6 Å². The quantitative estimate of drug-likeness (QED) is 0.498. The van der Waals surface area contributed by atoms with Crippen molar-refractivity contribution in [3.8, 4) is 0 Å². The van der Waals surface area contributed by atoms with E-state index in [0.29, 0.717) is 37.9 Å². The van der Waals surface area contributed by atoms with Crippen LogP contribution in [0.1, 0.15) is 46.1 Å². The van der Waals surface area contributed by atoms with Crippen LogP contribution in [-0.4, -0.2) is 74.2 Å². The molecule has 0 unspecified atom stereocenters. The van der Waals surface area contributed by atoms with E-state index in [-0.39, 0.29) is 29.8 Å². The predicted molar refractivity (Wildman–Crippen MR) is 122 cm³/mol. The fourth-order valence-electron chi connectivity index (χ4n) is 4.12. The highest BCUT2D eigenvalue weighted by Crippen LogP contribution is 2.32. The van der Waals surface area contributed by atoms with Crippen molar-refractivity contribution in [2.75, 3.05) is 45.8 Å². The Labute approximate surface area is 195 Å². The number of hydrogen-bond acceptors (Lipinski definition) is 4. The third kappa shape index (κ3) is 7.42. The van der Waals surface area contributed by atoms with E-state index in [1.807, 2.05) is 4.90 Å². The molecule has 1 aromatic rings. The predicted octanol–water partition coefficient (Wildman–Crippen LogP) is 3.93. The molecule has 10 heteroatoms. The molecule has 0 aliphatic carbocycles. The highest BCUT2D eigenvalue weighted by Gasteiger charge is 2.36. The first-order chi connectivity index (χ1) is 15.4. The van der Waals surface area contributed by atoms with E-state index in [1.165, 1.54) is 10.4 Å². The van der Waals surface area contributed by atoms with Gasteiger partial charge in [0.15, 0.2) is 0 Å². The SMILES string of the molecule is CCN(CC)CCN(CC(C)C)C(=O)C1CCN(S(=O)(=O)c2cccc(C(F)(F)F)c2)CC1. The zero-order valence-electron chi connectivity index (χ0n) is 19.9. The number of carbonyl (C=O) groups is 1. The summed E-state index contributed by atoms with van der Waals surface area (Å²) < 4.78 is 66.1. The molecule has 1 saturated heterocycles. The van der Waals surface area contributed by atoms with Crippen molar-refractivity contribution in [2.24, 2.45) is 11.8 Å². The molecule has 1 aliphatic heterocycles. The lowest BCUT2D eigenvalue weighted by atomic mass is 9.96. The van der Waals surface area contributed by atoms with Crippen molar-refractivity contribution in [2.45, 2.75) is 51.6 Å². The average molecular weight is 492 g/mol. The minimum atomic E-state index is -4.62. The molecule has 188 valence electrons. The Kier molecular flexibility index (Phi) is 9.75. The fourth-order valence-corrected chi connectivity index (χ4v) is 5.63. The maximum Gasteiger partial charge on any atom is 0.416 e. The van der Waals surface area contributed by atoms with Crippen LogP contribution < -0.4 is 0 Å². The van der Waals surface area contributed by atoms with Crippen molar-refractivity contribution in [3.05, 3.63) is 29.8 Å². The topological polar surface area (TPSA) is 60.9 Å². The molecule has 0 radical (unpaired) electrons. The van der Waals surface area contributed by atoms with Gasteiger partial charge in [-0.15, -0.1) is 0 Å². The van der Waals surface area contributed by atoms with Crippen LogP contribution >= 0.6 is 0 Å². The molecular formula is C23H36F3N3O3S. The molecule has 1 aliphatic rings. The van der Waals surface area contributed by atoms with Gasteiger partial charge in [-0.3, -0.25) is 4.79 Å². The lowest BCUT2D eigenvalue weighted by Gasteiger charge is -2.35. The van der Waals surface area contributed by atoms with Crippen LogP contribution in [0.2, 0.25) is 0 Å². The minimum Gasteiger partial charge on any atom is -0.341 e. The van der Waals surface area contributed by atoms with Crippen LogP contribution in [0.15, 0.2) is 29.2 Å². The number of sulfonamides is 1. The first-order valence-electron chi connectivity index (χ1n) is 11.6. The number of rotatable bonds is 10. The molecule has 1 heterocycles. The van der Waals surface area contributed by atoms with Gasteiger partial charge in [-0.25, -0.2) is 8.42 Å². The van der Waals surface area contributed by atoms with Crippen molar-refractivity contribution >= 4 is 15.9 Å². The number of likely N-dealkylation sites (N-methyl/N-ethyl adjacent to an activating group) is 1. The van der Waals surface area contributed by atoms with E-state index in [9.17, 15) is 26.4 Å². The van der Waals surface area contributed by atoms with Gasteiger partial charge in [0.05, 0.1) is 10.5 Å². The van der Waals surface area contributed by atoms with E-state index in [1.54, 1.807) is 0 Å². The molecule has 2 rings (SSSR count). The minimum absolute atomic E-state index is 0.0342. The van der Waals surface area contributed by atoms with Crippen LogP contribution in [0, 0.1) is 11.8 Å². The van der Waals surface area contributed by atoms with Crippen LogP contribution in [0.25, 0.3) is 0 Å². The highest BCUT2D eigenvalue weighted by atomic mass is 32.2. The van der Waals surface area contributed by atoms with Crippen LogP contribution in [-0.2, 0) is 21.0 Å². The van der Waals surface area contributed by atoms with Crippen molar-refractivity contribution < 1.29 is 26.4 Å². The molecule has 0 saturated carbocycles. The van der Waals surface area contributed by atoms with Crippen LogP contribution in [0.5, 0.6) is 0 Å². The fraction of sp³-hybridized carbons (Fsp3) is 0.696. The highest BCUT2D eigenvalue weighted by molar-refractivity contribution is 7.89. The third-order valence-corrected chi connectivity index (χ3v) is 7.97. The normalized spacial score (nSPS) is 16.5. The second-order valence-corrected chi connectivity index (χ2v) is 10.8. The zero-order valence-corrected chi connectivity index (χ0v) is 20.8. The van der Waals surface area contributed by atoms with Gasteiger partial charge in [-0.1, -0.05) is 33.8 Å². The maximum atomic E-state index is 13.2. The number of carbonyl (C=O) groups excluding carboxylic acids is 1. The summed E-state index contributed by atoms with van der Waals surface area (Å²) in [4.78, 5) is 17.0. The van der Waals surface area contributed by atoms with Crippen LogP contribution in [0.3, 0.4) is 0 Å². The van der Waals surface area contributed by atoms with Gasteiger partial charge in [0, 0.05) is 38.6 Å². The second kappa shape index (κ2) is 11.7. The van der Waals surface area contributed by atoms with E-state index < -0.39 is 21.8 Å². The number of benzene rings is 1. The average Bonchev–Trinajstić information content (AvgIpc) is 2.77. The Bertz CT molecular complexity index is 878. The number of nitrogens with zero attached hydrogens (tertiary/aromatic N) is 3. The number of halogens is 3. The number of hydrogen-bond donors (Lipinski definition) is 0. The summed E-state index contributed by atoms with van der Waals surface area (Å²) in [7, 11) is -4.06. The maximum absolute atomic E-state index is 13.2. The van der Waals surface area contributed by atoms with Gasteiger partial charge < -0.3 is 9.80 Å². The van der Waals surface area contributed by atoms with Crippen molar-refractivity contribution in [1.82, 2.24) is 14.1 Å². The van der Waals surface area contributed by atoms with Gasteiger partial charge in [-0.2, -0.15) is 17.5 Å². The van der Waals surface area contributed by atoms with E-state index in [0.717, 1.165) is 31.8 Å². The molecule has 1 aromatic carbocycles. The molecule has 0 N–H and O–H groups in total. The molecule has 33 heavy (non-hydrogen) atoms. The summed E-state index contributed by atoms with van der Waals surface area (Å²) in [5.41, 5.74) is -0.994. The summed E-state index contributed by atoms with van der Waals surface area (Å²) >= 11 is 0. The molecule has 0 aromatic heterocycles. The molecule has 0 bridgehead atoms. The summed E-state index contributed by atoms with van der Waals surface area (Å²) in [5, 5.41) is 0. The van der Waals surface area contributed by atoms with Gasteiger partial charge in [0.25, 0.3) is 0 Å². The second-order valence-electron chi connectivity index (χ2n) is 8.91. The molecular weight excluding hydrogens is 455 g/mol. The van der Waals surface area contributed by atoms with Gasteiger partial charge in [-0.05, 0) is 50.0 Å². The Balaban J connectivity index is 2.06.